The van der Waals surface area contributed by atoms with Crippen LogP contribution >= 0.6 is 11.8 Å². The van der Waals surface area contributed by atoms with Crippen LogP contribution in [0.2, 0.25) is 0 Å². The van der Waals surface area contributed by atoms with E-state index in [1.54, 1.807) is 16.7 Å². The number of nitrogens with zero attached hydrogens (tertiary/aromatic N) is 2. The summed E-state index contributed by atoms with van der Waals surface area (Å²) in [5.74, 6) is 1.41. The maximum absolute atomic E-state index is 13.4. The molecule has 1 amide bonds. The predicted octanol–water partition coefficient (Wildman–Crippen LogP) is 4.57. The topological polar surface area (TPSA) is 82.5 Å². The van der Waals surface area contributed by atoms with E-state index in [1.165, 1.54) is 11.8 Å². The Morgan fingerprint density at radius 2 is 1.77 bits per heavy atom. The third-order valence-electron chi connectivity index (χ3n) is 5.70. The van der Waals surface area contributed by atoms with Crippen LogP contribution in [0.5, 0.6) is 11.5 Å². The van der Waals surface area contributed by atoms with Gasteiger partial charge < -0.3 is 14.8 Å². The molecule has 4 aromatic rings. The molecular weight excluding hydrogens is 462 g/mol. The van der Waals surface area contributed by atoms with Crippen LogP contribution in [0, 0.1) is 0 Å². The molecule has 0 aliphatic carbocycles. The second kappa shape index (κ2) is 10.8. The average Bonchev–Trinajstić information content (AvgIpc) is 3.42. The number of para-hydroxylation sites is 2. The number of rotatable bonds is 8. The SMILES string of the molecule is O=C(CSc1nc2ccccc2c(=O)n1-c1ccc(Oc2ccccc2)cc1)NC[C@H]1CCCO1. The summed E-state index contributed by atoms with van der Waals surface area (Å²) in [6.45, 7) is 1.25. The number of aromatic nitrogens is 2. The minimum absolute atomic E-state index is 0.0811. The lowest BCUT2D eigenvalue weighted by Gasteiger charge is -2.14. The number of nitrogens with one attached hydrogen (secondary N) is 1. The highest BCUT2D eigenvalue weighted by molar-refractivity contribution is 7.99. The largest absolute Gasteiger partial charge is 0.457 e. The van der Waals surface area contributed by atoms with Crippen molar-refractivity contribution in [3.8, 4) is 17.2 Å². The van der Waals surface area contributed by atoms with Crippen molar-refractivity contribution in [1.29, 1.82) is 0 Å². The first kappa shape index (κ1) is 23.1. The Morgan fingerprint density at radius 3 is 2.54 bits per heavy atom. The van der Waals surface area contributed by atoms with E-state index in [2.05, 4.69) is 5.32 Å². The van der Waals surface area contributed by atoms with Gasteiger partial charge in [-0.3, -0.25) is 14.2 Å². The molecule has 178 valence electrons. The van der Waals surface area contributed by atoms with Gasteiger partial charge in [-0.15, -0.1) is 0 Å². The van der Waals surface area contributed by atoms with Crippen LogP contribution in [0.4, 0.5) is 0 Å². The zero-order valence-corrected chi connectivity index (χ0v) is 19.9. The van der Waals surface area contributed by atoms with Crippen molar-refractivity contribution in [3.05, 3.63) is 89.2 Å². The number of ether oxygens (including phenoxy) is 2. The van der Waals surface area contributed by atoms with Crippen molar-refractivity contribution in [3.63, 3.8) is 0 Å². The quantitative estimate of drug-likeness (QED) is 0.290. The maximum atomic E-state index is 13.4. The second-order valence-electron chi connectivity index (χ2n) is 8.19. The highest BCUT2D eigenvalue weighted by Crippen LogP contribution is 2.25. The summed E-state index contributed by atoms with van der Waals surface area (Å²) >= 11 is 1.24. The fourth-order valence-electron chi connectivity index (χ4n) is 3.94. The van der Waals surface area contributed by atoms with Crippen molar-refractivity contribution < 1.29 is 14.3 Å². The van der Waals surface area contributed by atoms with Crippen LogP contribution in [-0.2, 0) is 9.53 Å². The summed E-state index contributed by atoms with van der Waals surface area (Å²) in [7, 11) is 0. The first-order valence-corrected chi connectivity index (χ1v) is 12.5. The molecule has 0 unspecified atom stereocenters. The first-order valence-electron chi connectivity index (χ1n) is 11.5. The number of hydrogen-bond acceptors (Lipinski definition) is 6. The Kier molecular flexibility index (Phi) is 7.11. The average molecular weight is 488 g/mol. The van der Waals surface area contributed by atoms with Gasteiger partial charge in [-0.05, 0) is 61.4 Å². The Labute approximate surface area is 207 Å². The zero-order valence-electron chi connectivity index (χ0n) is 19.1. The van der Waals surface area contributed by atoms with Gasteiger partial charge in [0, 0.05) is 13.2 Å². The van der Waals surface area contributed by atoms with E-state index < -0.39 is 0 Å². The molecule has 1 N–H and O–H groups in total. The molecular formula is C27H25N3O4S. The van der Waals surface area contributed by atoms with E-state index >= 15 is 0 Å². The molecule has 3 aromatic carbocycles. The maximum Gasteiger partial charge on any atom is 0.266 e. The molecule has 1 saturated heterocycles. The fraction of sp³-hybridized carbons (Fsp3) is 0.222. The molecule has 1 aliphatic rings. The summed E-state index contributed by atoms with van der Waals surface area (Å²) in [4.78, 5) is 30.6. The van der Waals surface area contributed by atoms with Gasteiger partial charge in [-0.2, -0.15) is 0 Å². The lowest BCUT2D eigenvalue weighted by molar-refractivity contribution is -0.119. The number of amides is 1. The standard InChI is InChI=1S/C27H25N3O4S/c31-25(28-17-22-9-6-16-33-22)18-35-27-29-24-11-5-4-10-23(24)26(32)30(27)19-12-14-21(15-13-19)34-20-7-2-1-3-8-20/h1-5,7-8,10-15,22H,6,9,16-18H2,(H,28,31)/t22-/m1/s1. The van der Waals surface area contributed by atoms with Crippen LogP contribution in [0.15, 0.2) is 88.8 Å². The van der Waals surface area contributed by atoms with Crippen LogP contribution in [0.25, 0.3) is 16.6 Å². The summed E-state index contributed by atoms with van der Waals surface area (Å²) in [5.41, 5.74) is 1.06. The number of hydrogen-bond donors (Lipinski definition) is 1. The lowest BCUT2D eigenvalue weighted by atomic mass is 10.2. The second-order valence-corrected chi connectivity index (χ2v) is 9.13. The van der Waals surface area contributed by atoms with Gasteiger partial charge in [0.2, 0.25) is 5.91 Å². The molecule has 1 atom stereocenters. The van der Waals surface area contributed by atoms with E-state index in [0.29, 0.717) is 34.0 Å². The molecule has 0 saturated carbocycles. The Morgan fingerprint density at radius 1 is 1.03 bits per heavy atom. The minimum Gasteiger partial charge on any atom is -0.457 e. The van der Waals surface area contributed by atoms with Gasteiger partial charge >= 0.3 is 0 Å². The number of benzene rings is 3. The lowest BCUT2D eigenvalue weighted by Crippen LogP contribution is -2.33. The van der Waals surface area contributed by atoms with Crippen molar-refractivity contribution in [2.45, 2.75) is 24.1 Å². The number of carbonyl (C=O) groups excluding carboxylic acids is 1. The summed E-state index contributed by atoms with van der Waals surface area (Å²) in [6, 6.07) is 24.0. The van der Waals surface area contributed by atoms with Crippen molar-refractivity contribution in [2.75, 3.05) is 18.9 Å². The molecule has 0 spiro atoms. The Hall–Kier alpha value is -3.62. The molecule has 2 heterocycles. The molecule has 1 aliphatic heterocycles. The zero-order chi connectivity index (χ0) is 24.0. The monoisotopic (exact) mass is 487 g/mol. The predicted molar refractivity (Wildman–Crippen MR) is 137 cm³/mol. The van der Waals surface area contributed by atoms with Crippen LogP contribution in [0.3, 0.4) is 0 Å². The smallest absolute Gasteiger partial charge is 0.266 e. The molecule has 0 bridgehead atoms. The van der Waals surface area contributed by atoms with Crippen LogP contribution < -0.4 is 15.6 Å². The van der Waals surface area contributed by atoms with Gasteiger partial charge in [-0.1, -0.05) is 42.1 Å². The van der Waals surface area contributed by atoms with Gasteiger partial charge in [0.15, 0.2) is 5.16 Å². The molecule has 35 heavy (non-hydrogen) atoms. The van der Waals surface area contributed by atoms with Crippen LogP contribution in [0.1, 0.15) is 12.8 Å². The van der Waals surface area contributed by atoms with E-state index in [-0.39, 0.29) is 23.3 Å². The molecule has 5 rings (SSSR count). The summed E-state index contributed by atoms with van der Waals surface area (Å²) < 4.78 is 13.0. The normalized spacial score (nSPS) is 15.3. The van der Waals surface area contributed by atoms with E-state index in [0.717, 1.165) is 25.2 Å². The van der Waals surface area contributed by atoms with Gasteiger partial charge in [0.25, 0.3) is 5.56 Å². The number of fused-ring (bicyclic) bond motifs is 1. The summed E-state index contributed by atoms with van der Waals surface area (Å²) in [5, 5.41) is 3.89. The molecule has 0 radical (unpaired) electrons. The highest BCUT2D eigenvalue weighted by Gasteiger charge is 2.18. The molecule has 8 heteroatoms. The third kappa shape index (κ3) is 5.55. The van der Waals surface area contributed by atoms with Gasteiger partial charge in [0.1, 0.15) is 11.5 Å². The van der Waals surface area contributed by atoms with Crippen molar-refractivity contribution in [2.24, 2.45) is 0 Å². The Balaban J connectivity index is 1.39. The van der Waals surface area contributed by atoms with Crippen LogP contribution in [-0.4, -0.2) is 40.5 Å². The van der Waals surface area contributed by atoms with Crippen molar-refractivity contribution >= 4 is 28.6 Å². The number of carbonyl (C=O) groups is 1. The van der Waals surface area contributed by atoms with E-state index in [1.807, 2.05) is 66.7 Å². The van der Waals surface area contributed by atoms with E-state index in [4.69, 9.17) is 14.5 Å². The molecule has 1 fully saturated rings. The first-order chi connectivity index (χ1) is 17.2. The molecule has 7 nitrogen and oxygen atoms in total. The van der Waals surface area contributed by atoms with Gasteiger partial charge in [0.05, 0.1) is 28.4 Å². The molecule has 1 aromatic heterocycles. The van der Waals surface area contributed by atoms with Crippen molar-refractivity contribution in [1.82, 2.24) is 14.9 Å². The van der Waals surface area contributed by atoms with Gasteiger partial charge in [-0.25, -0.2) is 4.98 Å². The number of thioether (sulfide) groups is 1. The Bertz CT molecular complexity index is 1370. The fourth-order valence-corrected chi connectivity index (χ4v) is 4.78. The summed E-state index contributed by atoms with van der Waals surface area (Å²) in [6.07, 6.45) is 2.07. The highest BCUT2D eigenvalue weighted by atomic mass is 32.2. The van der Waals surface area contributed by atoms with E-state index in [9.17, 15) is 9.59 Å². The third-order valence-corrected chi connectivity index (χ3v) is 6.64. The minimum atomic E-state index is -0.186.